The maximum atomic E-state index is 5.96. The van der Waals surface area contributed by atoms with E-state index in [9.17, 15) is 0 Å². The van der Waals surface area contributed by atoms with Gasteiger partial charge in [0.2, 0.25) is 5.95 Å². The molecule has 0 amide bonds. The monoisotopic (exact) mass is 456 g/mol. The highest BCUT2D eigenvalue weighted by Gasteiger charge is 2.23. The predicted octanol–water partition coefficient (Wildman–Crippen LogP) is 6.58. The summed E-state index contributed by atoms with van der Waals surface area (Å²) in [6.45, 7) is 0.545. The molecule has 0 radical (unpaired) electrons. The van der Waals surface area contributed by atoms with E-state index in [1.165, 1.54) is 11.1 Å². The summed E-state index contributed by atoms with van der Waals surface area (Å²) < 4.78 is 7.87. The molecule has 0 saturated carbocycles. The first-order chi connectivity index (χ1) is 17.3. The smallest absolute Gasteiger partial charge is 0.226 e. The molecule has 1 aliphatic rings. The van der Waals surface area contributed by atoms with Crippen molar-refractivity contribution < 1.29 is 4.74 Å². The van der Waals surface area contributed by atoms with Crippen molar-refractivity contribution in [2.24, 2.45) is 0 Å². The molecule has 1 unspecified atom stereocenters. The van der Waals surface area contributed by atoms with Gasteiger partial charge in [-0.05, 0) is 46.0 Å². The van der Waals surface area contributed by atoms with Crippen LogP contribution in [0, 0.1) is 0 Å². The molecule has 1 aromatic heterocycles. The number of ether oxygens (including phenoxy) is 1. The zero-order chi connectivity index (χ0) is 23.5. The van der Waals surface area contributed by atoms with E-state index >= 15 is 0 Å². The SMILES string of the molecule is C1=C(c2ccc(-c3ccccc3)cc2)Nc2ncnn2C1c1ccc(OCc2ccccc2)cc1. The van der Waals surface area contributed by atoms with Gasteiger partial charge in [0, 0.05) is 5.70 Å². The Labute approximate surface area is 204 Å². The summed E-state index contributed by atoms with van der Waals surface area (Å²) in [5, 5.41) is 7.89. The Bertz CT molecular complexity index is 1440. The molecule has 1 N–H and O–H groups in total. The van der Waals surface area contributed by atoms with E-state index in [1.54, 1.807) is 6.33 Å². The summed E-state index contributed by atoms with van der Waals surface area (Å²) in [5.74, 6) is 1.56. The molecule has 6 rings (SSSR count). The average Bonchev–Trinajstić information content (AvgIpc) is 3.42. The van der Waals surface area contributed by atoms with Crippen LogP contribution in [0.3, 0.4) is 0 Å². The normalized spacial score (nSPS) is 14.5. The van der Waals surface area contributed by atoms with Gasteiger partial charge in [-0.15, -0.1) is 0 Å². The number of aromatic nitrogens is 3. The molecule has 0 bridgehead atoms. The van der Waals surface area contributed by atoms with Gasteiger partial charge >= 0.3 is 0 Å². The number of hydrogen-bond donors (Lipinski definition) is 1. The minimum absolute atomic E-state index is 0.0688. The summed E-state index contributed by atoms with van der Waals surface area (Å²) in [6.07, 6.45) is 3.78. The van der Waals surface area contributed by atoms with Crippen LogP contribution < -0.4 is 10.1 Å². The molecule has 5 aromatic rings. The van der Waals surface area contributed by atoms with Gasteiger partial charge in [-0.25, -0.2) is 4.68 Å². The number of hydrogen-bond acceptors (Lipinski definition) is 4. The molecule has 0 aliphatic carbocycles. The number of allylic oxidation sites excluding steroid dienone is 1. The molecule has 0 saturated heterocycles. The van der Waals surface area contributed by atoms with Crippen molar-refractivity contribution in [1.82, 2.24) is 14.8 Å². The molecule has 1 aliphatic heterocycles. The molecule has 1 atom stereocenters. The lowest BCUT2D eigenvalue weighted by molar-refractivity contribution is 0.306. The van der Waals surface area contributed by atoms with Crippen LogP contribution >= 0.6 is 0 Å². The number of benzene rings is 4. The lowest BCUT2D eigenvalue weighted by Gasteiger charge is -2.24. The highest BCUT2D eigenvalue weighted by atomic mass is 16.5. The van der Waals surface area contributed by atoms with Crippen molar-refractivity contribution in [2.45, 2.75) is 12.6 Å². The third-order valence-electron chi connectivity index (χ3n) is 6.18. The Kier molecular flexibility index (Phi) is 5.57. The highest BCUT2D eigenvalue weighted by Crippen LogP contribution is 2.33. The second-order valence-electron chi connectivity index (χ2n) is 8.47. The molecule has 0 fully saturated rings. The summed E-state index contributed by atoms with van der Waals surface area (Å²) >= 11 is 0. The Hall–Kier alpha value is -4.64. The molecular formula is C30H24N4O. The zero-order valence-corrected chi connectivity index (χ0v) is 19.1. The van der Waals surface area contributed by atoms with E-state index in [1.807, 2.05) is 41.1 Å². The van der Waals surface area contributed by atoms with Gasteiger partial charge < -0.3 is 10.1 Å². The fraction of sp³-hybridized carbons (Fsp3) is 0.0667. The van der Waals surface area contributed by atoms with Crippen molar-refractivity contribution in [2.75, 3.05) is 5.32 Å². The van der Waals surface area contributed by atoms with Crippen LogP contribution in [0.15, 0.2) is 122 Å². The fourth-order valence-electron chi connectivity index (χ4n) is 4.31. The van der Waals surface area contributed by atoms with E-state index in [0.29, 0.717) is 6.61 Å². The van der Waals surface area contributed by atoms with Gasteiger partial charge in [0.1, 0.15) is 24.7 Å². The lowest BCUT2D eigenvalue weighted by Crippen LogP contribution is -2.20. The highest BCUT2D eigenvalue weighted by molar-refractivity contribution is 5.78. The van der Waals surface area contributed by atoms with Gasteiger partial charge in [-0.3, -0.25) is 0 Å². The van der Waals surface area contributed by atoms with Crippen molar-refractivity contribution in [3.63, 3.8) is 0 Å². The molecule has 4 aromatic carbocycles. The number of nitrogens with one attached hydrogen (secondary N) is 1. The van der Waals surface area contributed by atoms with E-state index in [2.05, 4.69) is 94.3 Å². The van der Waals surface area contributed by atoms with E-state index in [0.717, 1.165) is 34.1 Å². The van der Waals surface area contributed by atoms with Gasteiger partial charge in [0.15, 0.2) is 0 Å². The van der Waals surface area contributed by atoms with Crippen molar-refractivity contribution >= 4 is 11.6 Å². The molecule has 170 valence electrons. The molecular weight excluding hydrogens is 432 g/mol. The number of fused-ring (bicyclic) bond motifs is 1. The first-order valence-corrected chi connectivity index (χ1v) is 11.6. The standard InChI is InChI=1S/C30H24N4O/c1-3-7-22(8-4-1)20-35-27-17-15-26(16-18-27)29-19-28(33-30-31-21-32-34(29)30)25-13-11-24(12-14-25)23-9-5-2-6-10-23/h1-19,21,29H,20H2,(H,31,32,33). The molecule has 2 heterocycles. The van der Waals surface area contributed by atoms with Gasteiger partial charge in [-0.2, -0.15) is 10.1 Å². The summed E-state index contributed by atoms with van der Waals surface area (Å²) in [6, 6.07) is 37.3. The predicted molar refractivity (Wildman–Crippen MR) is 139 cm³/mol. The third-order valence-corrected chi connectivity index (χ3v) is 6.18. The minimum Gasteiger partial charge on any atom is -0.489 e. The topological polar surface area (TPSA) is 52.0 Å². The van der Waals surface area contributed by atoms with Crippen LogP contribution in [0.1, 0.15) is 22.7 Å². The van der Waals surface area contributed by atoms with Gasteiger partial charge in [0.25, 0.3) is 0 Å². The van der Waals surface area contributed by atoms with Crippen molar-refractivity contribution in [1.29, 1.82) is 0 Å². The quantitative estimate of drug-likeness (QED) is 0.314. The molecule has 35 heavy (non-hydrogen) atoms. The number of anilines is 1. The summed E-state index contributed by atoms with van der Waals surface area (Å²) in [4.78, 5) is 4.43. The zero-order valence-electron chi connectivity index (χ0n) is 19.1. The second kappa shape index (κ2) is 9.31. The lowest BCUT2D eigenvalue weighted by atomic mass is 9.99. The molecule has 5 nitrogen and oxygen atoms in total. The van der Waals surface area contributed by atoms with Crippen LogP contribution in [0.5, 0.6) is 5.75 Å². The second-order valence-corrected chi connectivity index (χ2v) is 8.47. The largest absolute Gasteiger partial charge is 0.489 e. The fourth-order valence-corrected chi connectivity index (χ4v) is 4.31. The van der Waals surface area contributed by atoms with E-state index < -0.39 is 0 Å². The van der Waals surface area contributed by atoms with Crippen LogP contribution in [0.25, 0.3) is 16.8 Å². The summed E-state index contributed by atoms with van der Waals surface area (Å²) in [5.41, 5.74) is 6.77. The minimum atomic E-state index is -0.0688. The number of rotatable bonds is 6. The van der Waals surface area contributed by atoms with Crippen molar-refractivity contribution in [3.05, 3.63) is 138 Å². The third kappa shape index (κ3) is 4.44. The molecule has 0 spiro atoms. The van der Waals surface area contributed by atoms with Crippen LogP contribution in [-0.4, -0.2) is 14.8 Å². The summed E-state index contributed by atoms with van der Waals surface area (Å²) in [7, 11) is 0. The van der Waals surface area contributed by atoms with Crippen LogP contribution in [-0.2, 0) is 6.61 Å². The Balaban J connectivity index is 1.24. The van der Waals surface area contributed by atoms with Crippen molar-refractivity contribution in [3.8, 4) is 16.9 Å². The first-order valence-electron chi connectivity index (χ1n) is 11.6. The Morgan fingerprint density at radius 3 is 2.11 bits per heavy atom. The molecule has 5 heteroatoms. The van der Waals surface area contributed by atoms with E-state index in [-0.39, 0.29) is 6.04 Å². The Morgan fingerprint density at radius 2 is 1.37 bits per heavy atom. The maximum absolute atomic E-state index is 5.96. The average molecular weight is 457 g/mol. The number of nitrogens with zero attached hydrogens (tertiary/aromatic N) is 3. The van der Waals surface area contributed by atoms with Gasteiger partial charge in [0.05, 0.1) is 0 Å². The maximum Gasteiger partial charge on any atom is 0.226 e. The first kappa shape index (κ1) is 20.9. The van der Waals surface area contributed by atoms with Gasteiger partial charge in [-0.1, -0.05) is 97.1 Å². The van der Waals surface area contributed by atoms with E-state index in [4.69, 9.17) is 4.74 Å². The van der Waals surface area contributed by atoms with Crippen LogP contribution in [0.4, 0.5) is 5.95 Å². The Morgan fingerprint density at radius 1 is 0.714 bits per heavy atom. The van der Waals surface area contributed by atoms with Crippen LogP contribution in [0.2, 0.25) is 0 Å².